The number of carbonyl (C=O) groups excluding carboxylic acids is 2. The average molecular weight is 412 g/mol. The van der Waals surface area contributed by atoms with E-state index < -0.39 is 18.1 Å². The summed E-state index contributed by atoms with van der Waals surface area (Å²) in [6, 6.07) is 27.8. The summed E-state index contributed by atoms with van der Waals surface area (Å²) in [5.74, 6) is 1.69. The number of hydrogen-bond acceptors (Lipinski definition) is 3. The quantitative estimate of drug-likeness (QED) is 0.418. The van der Waals surface area contributed by atoms with Crippen LogP contribution in [0.3, 0.4) is 0 Å². The van der Waals surface area contributed by atoms with E-state index in [1.165, 1.54) is 0 Å². The molecule has 0 fully saturated rings. The van der Waals surface area contributed by atoms with Crippen molar-refractivity contribution in [3.63, 3.8) is 0 Å². The highest BCUT2D eigenvalue weighted by molar-refractivity contribution is 5.85. The maximum Gasteiger partial charge on any atom is 0.329 e. The standard InChI is InChI=1S/C27H25NO3/c1-2-3-19-25(29)28-24(20-21-13-7-4-8-14-21)27(30)31-26(22-15-9-5-10-16-22)23-17-11-6-12-18-23/h1,4-18,24,26H,3,19-20H2,(H,28,29)/t24-/m0/s1. The van der Waals surface area contributed by atoms with Crippen molar-refractivity contribution in [2.45, 2.75) is 31.4 Å². The fourth-order valence-electron chi connectivity index (χ4n) is 3.28. The largest absolute Gasteiger partial charge is 0.451 e. The number of ether oxygens (including phenoxy) is 1. The highest BCUT2D eigenvalue weighted by Gasteiger charge is 2.27. The second kappa shape index (κ2) is 11.4. The van der Waals surface area contributed by atoms with E-state index in [-0.39, 0.29) is 12.3 Å². The van der Waals surface area contributed by atoms with Crippen LogP contribution in [-0.4, -0.2) is 17.9 Å². The molecule has 0 bridgehead atoms. The summed E-state index contributed by atoms with van der Waals surface area (Å²) >= 11 is 0. The van der Waals surface area contributed by atoms with E-state index in [1.54, 1.807) is 0 Å². The molecule has 3 rings (SSSR count). The first-order chi connectivity index (χ1) is 15.2. The van der Waals surface area contributed by atoms with Gasteiger partial charge in [0.05, 0.1) is 0 Å². The smallest absolute Gasteiger partial charge is 0.329 e. The molecule has 0 spiro atoms. The molecule has 1 N–H and O–H groups in total. The lowest BCUT2D eigenvalue weighted by Gasteiger charge is -2.23. The van der Waals surface area contributed by atoms with Gasteiger partial charge in [-0.2, -0.15) is 0 Å². The fourth-order valence-corrected chi connectivity index (χ4v) is 3.28. The topological polar surface area (TPSA) is 55.4 Å². The fraction of sp³-hybridized carbons (Fsp3) is 0.185. The average Bonchev–Trinajstić information content (AvgIpc) is 2.82. The van der Waals surface area contributed by atoms with Gasteiger partial charge in [0.15, 0.2) is 6.10 Å². The van der Waals surface area contributed by atoms with Crippen LogP contribution in [0.25, 0.3) is 0 Å². The summed E-state index contributed by atoms with van der Waals surface area (Å²) in [7, 11) is 0. The predicted molar refractivity (Wildman–Crippen MR) is 121 cm³/mol. The molecule has 156 valence electrons. The summed E-state index contributed by atoms with van der Waals surface area (Å²) < 4.78 is 5.97. The van der Waals surface area contributed by atoms with Gasteiger partial charge in [0.2, 0.25) is 5.91 Å². The SMILES string of the molecule is C#CCCC(=O)N[C@@H](Cc1ccccc1)C(=O)OC(c1ccccc1)c1ccccc1. The van der Waals surface area contributed by atoms with Crippen molar-refractivity contribution in [2.24, 2.45) is 0 Å². The minimum absolute atomic E-state index is 0.163. The molecule has 0 aromatic heterocycles. The van der Waals surface area contributed by atoms with Crippen molar-refractivity contribution in [2.75, 3.05) is 0 Å². The molecule has 1 atom stereocenters. The molecule has 4 nitrogen and oxygen atoms in total. The third-order valence-electron chi connectivity index (χ3n) is 4.84. The molecular formula is C27H25NO3. The molecule has 1 amide bonds. The number of rotatable bonds is 9. The van der Waals surface area contributed by atoms with E-state index in [9.17, 15) is 9.59 Å². The zero-order valence-electron chi connectivity index (χ0n) is 17.2. The highest BCUT2D eigenvalue weighted by atomic mass is 16.5. The van der Waals surface area contributed by atoms with Gasteiger partial charge in [-0.25, -0.2) is 4.79 Å². The lowest BCUT2D eigenvalue weighted by atomic mass is 10.0. The van der Waals surface area contributed by atoms with E-state index >= 15 is 0 Å². The van der Waals surface area contributed by atoms with Gasteiger partial charge in [-0.1, -0.05) is 91.0 Å². The molecule has 3 aromatic carbocycles. The zero-order chi connectivity index (χ0) is 21.9. The number of terminal acetylenes is 1. The Morgan fingerprint density at radius 2 is 1.35 bits per heavy atom. The lowest BCUT2D eigenvalue weighted by molar-refractivity contribution is -0.151. The molecule has 0 unspecified atom stereocenters. The Morgan fingerprint density at radius 3 is 1.87 bits per heavy atom. The number of nitrogens with one attached hydrogen (secondary N) is 1. The van der Waals surface area contributed by atoms with Gasteiger partial charge in [0, 0.05) is 19.3 Å². The van der Waals surface area contributed by atoms with Crippen molar-refractivity contribution < 1.29 is 14.3 Å². The second-order valence-electron chi connectivity index (χ2n) is 7.15. The Morgan fingerprint density at radius 1 is 0.839 bits per heavy atom. The second-order valence-corrected chi connectivity index (χ2v) is 7.15. The predicted octanol–water partition coefficient (Wildman–Crippen LogP) is 4.46. The highest BCUT2D eigenvalue weighted by Crippen LogP contribution is 2.26. The van der Waals surface area contributed by atoms with Crippen LogP contribution in [-0.2, 0) is 20.7 Å². The Balaban J connectivity index is 1.83. The van der Waals surface area contributed by atoms with Gasteiger partial charge < -0.3 is 10.1 Å². The molecule has 4 heteroatoms. The van der Waals surface area contributed by atoms with Crippen LogP contribution in [0.5, 0.6) is 0 Å². The van der Waals surface area contributed by atoms with Gasteiger partial charge in [0.25, 0.3) is 0 Å². The van der Waals surface area contributed by atoms with Gasteiger partial charge in [-0.15, -0.1) is 12.3 Å². The minimum Gasteiger partial charge on any atom is -0.451 e. The van der Waals surface area contributed by atoms with Crippen LogP contribution in [0.4, 0.5) is 0 Å². The van der Waals surface area contributed by atoms with Crippen LogP contribution in [0.2, 0.25) is 0 Å². The maximum absolute atomic E-state index is 13.2. The van der Waals surface area contributed by atoms with Gasteiger partial charge in [-0.05, 0) is 16.7 Å². The molecule has 0 aliphatic heterocycles. The van der Waals surface area contributed by atoms with Crippen LogP contribution in [0, 0.1) is 12.3 Å². The van der Waals surface area contributed by atoms with Crippen molar-refractivity contribution in [1.29, 1.82) is 0 Å². The van der Waals surface area contributed by atoms with E-state index in [4.69, 9.17) is 11.2 Å². The Kier molecular flexibility index (Phi) is 8.02. The van der Waals surface area contributed by atoms with Gasteiger partial charge in [0.1, 0.15) is 6.04 Å². The lowest BCUT2D eigenvalue weighted by Crippen LogP contribution is -2.43. The first kappa shape index (κ1) is 21.9. The third-order valence-corrected chi connectivity index (χ3v) is 4.84. The number of benzene rings is 3. The molecule has 0 saturated heterocycles. The van der Waals surface area contributed by atoms with Crippen molar-refractivity contribution >= 4 is 11.9 Å². The summed E-state index contributed by atoms with van der Waals surface area (Å²) in [6.07, 6.45) is 5.50. The van der Waals surface area contributed by atoms with Gasteiger partial charge in [-0.3, -0.25) is 4.79 Å². The Hall–Kier alpha value is -3.84. The third kappa shape index (κ3) is 6.58. The van der Waals surface area contributed by atoms with E-state index in [0.29, 0.717) is 12.8 Å². The first-order valence-corrected chi connectivity index (χ1v) is 10.2. The van der Waals surface area contributed by atoms with Crippen molar-refractivity contribution in [3.05, 3.63) is 108 Å². The monoisotopic (exact) mass is 411 g/mol. The van der Waals surface area contributed by atoms with E-state index in [2.05, 4.69) is 11.2 Å². The minimum atomic E-state index is -0.817. The molecule has 0 saturated carbocycles. The molecule has 0 heterocycles. The zero-order valence-corrected chi connectivity index (χ0v) is 17.2. The maximum atomic E-state index is 13.2. The van der Waals surface area contributed by atoms with Crippen LogP contribution in [0.1, 0.15) is 35.6 Å². The summed E-state index contributed by atoms with van der Waals surface area (Å²) in [5, 5.41) is 2.80. The van der Waals surface area contributed by atoms with Gasteiger partial charge >= 0.3 is 5.97 Å². The molecule has 0 radical (unpaired) electrons. The Labute approximate surface area is 183 Å². The first-order valence-electron chi connectivity index (χ1n) is 10.2. The molecule has 3 aromatic rings. The summed E-state index contributed by atoms with van der Waals surface area (Å²) in [6.45, 7) is 0. The van der Waals surface area contributed by atoms with Crippen LogP contribution in [0.15, 0.2) is 91.0 Å². The molecule has 0 aliphatic carbocycles. The number of amides is 1. The molecule has 0 aliphatic rings. The number of esters is 1. The number of hydrogen-bond donors (Lipinski definition) is 1. The van der Waals surface area contributed by atoms with E-state index in [1.807, 2.05) is 91.0 Å². The van der Waals surface area contributed by atoms with Crippen LogP contribution >= 0.6 is 0 Å². The summed E-state index contributed by atoms with van der Waals surface area (Å²) in [4.78, 5) is 25.6. The Bertz CT molecular complexity index is 971. The molecular weight excluding hydrogens is 386 g/mol. The van der Waals surface area contributed by atoms with Crippen molar-refractivity contribution in [3.8, 4) is 12.3 Å². The van der Waals surface area contributed by atoms with Crippen molar-refractivity contribution in [1.82, 2.24) is 5.32 Å². The van der Waals surface area contributed by atoms with E-state index in [0.717, 1.165) is 16.7 Å². The van der Waals surface area contributed by atoms with Crippen LogP contribution < -0.4 is 5.32 Å². The molecule has 31 heavy (non-hydrogen) atoms. The normalized spacial score (nSPS) is 11.4. The number of carbonyl (C=O) groups is 2. The summed E-state index contributed by atoms with van der Waals surface area (Å²) in [5.41, 5.74) is 2.65.